The van der Waals surface area contributed by atoms with Gasteiger partial charge in [-0.3, -0.25) is 4.79 Å². The minimum absolute atomic E-state index is 0.114. The first-order chi connectivity index (χ1) is 7.54. The van der Waals surface area contributed by atoms with Crippen molar-refractivity contribution in [2.45, 2.75) is 32.1 Å². The summed E-state index contributed by atoms with van der Waals surface area (Å²) in [5.74, 6) is 0.143. The molecule has 0 N–H and O–H groups in total. The van der Waals surface area contributed by atoms with E-state index in [1.165, 1.54) is 11.1 Å². The molecular weight excluding hydrogens is 266 g/mol. The molecule has 0 radical (unpaired) electrons. The fraction of sp³-hybridized carbons (Fsp3) is 0.462. The van der Waals surface area contributed by atoms with Gasteiger partial charge in [0.25, 0.3) is 0 Å². The highest BCUT2D eigenvalue weighted by Crippen LogP contribution is 2.11. The SMILES string of the molecule is CCN(Cc1cccc(C)c1)C(=O)C(C)Br. The zero-order chi connectivity index (χ0) is 12.1. The molecule has 3 heteroatoms. The Labute approximate surface area is 106 Å². The largest absolute Gasteiger partial charge is 0.338 e. The average Bonchev–Trinajstić information content (AvgIpc) is 2.25. The van der Waals surface area contributed by atoms with E-state index in [9.17, 15) is 4.79 Å². The molecule has 0 heterocycles. The first-order valence-corrected chi connectivity index (χ1v) is 6.44. The van der Waals surface area contributed by atoms with Crippen LogP contribution in [0.4, 0.5) is 0 Å². The Morgan fingerprint density at radius 2 is 2.19 bits per heavy atom. The van der Waals surface area contributed by atoms with Gasteiger partial charge < -0.3 is 4.90 Å². The van der Waals surface area contributed by atoms with Crippen molar-refractivity contribution in [2.75, 3.05) is 6.54 Å². The number of aryl methyl sites for hydroxylation is 1. The van der Waals surface area contributed by atoms with E-state index in [2.05, 4.69) is 41.1 Å². The van der Waals surface area contributed by atoms with Gasteiger partial charge in [0.15, 0.2) is 0 Å². The molecule has 0 saturated heterocycles. The Hall–Kier alpha value is -0.830. The summed E-state index contributed by atoms with van der Waals surface area (Å²) in [5, 5.41) is 0. The minimum atomic E-state index is -0.114. The number of amides is 1. The van der Waals surface area contributed by atoms with Gasteiger partial charge in [0.2, 0.25) is 5.91 Å². The number of carbonyl (C=O) groups is 1. The smallest absolute Gasteiger partial charge is 0.236 e. The van der Waals surface area contributed by atoms with E-state index in [1.807, 2.05) is 24.8 Å². The molecule has 0 fully saturated rings. The molecular formula is C13H18BrNO. The monoisotopic (exact) mass is 283 g/mol. The van der Waals surface area contributed by atoms with Crippen molar-refractivity contribution in [1.82, 2.24) is 4.90 Å². The predicted molar refractivity (Wildman–Crippen MR) is 70.7 cm³/mol. The summed E-state index contributed by atoms with van der Waals surface area (Å²) in [5.41, 5.74) is 2.41. The quantitative estimate of drug-likeness (QED) is 0.778. The molecule has 2 nitrogen and oxygen atoms in total. The lowest BCUT2D eigenvalue weighted by atomic mass is 10.1. The van der Waals surface area contributed by atoms with E-state index < -0.39 is 0 Å². The van der Waals surface area contributed by atoms with Gasteiger partial charge in [0, 0.05) is 13.1 Å². The molecule has 1 aromatic rings. The lowest BCUT2D eigenvalue weighted by molar-refractivity contribution is -0.130. The lowest BCUT2D eigenvalue weighted by Gasteiger charge is -2.22. The maximum atomic E-state index is 11.8. The minimum Gasteiger partial charge on any atom is -0.338 e. The number of hydrogen-bond acceptors (Lipinski definition) is 1. The van der Waals surface area contributed by atoms with Crippen LogP contribution < -0.4 is 0 Å². The van der Waals surface area contributed by atoms with E-state index in [4.69, 9.17) is 0 Å². The molecule has 0 aliphatic rings. The van der Waals surface area contributed by atoms with Gasteiger partial charge in [-0.25, -0.2) is 0 Å². The van der Waals surface area contributed by atoms with E-state index in [0.29, 0.717) is 6.54 Å². The number of halogens is 1. The second kappa shape index (κ2) is 6.04. The molecule has 0 aromatic heterocycles. The summed E-state index contributed by atoms with van der Waals surface area (Å²) in [7, 11) is 0. The number of alkyl halides is 1. The van der Waals surface area contributed by atoms with Crippen LogP contribution >= 0.6 is 15.9 Å². The van der Waals surface area contributed by atoms with Gasteiger partial charge in [-0.2, -0.15) is 0 Å². The fourth-order valence-corrected chi connectivity index (χ4v) is 1.92. The molecule has 1 rings (SSSR count). The topological polar surface area (TPSA) is 20.3 Å². The van der Waals surface area contributed by atoms with Crippen LogP contribution in [0.2, 0.25) is 0 Å². The van der Waals surface area contributed by atoms with Crippen LogP contribution in [0.15, 0.2) is 24.3 Å². The van der Waals surface area contributed by atoms with Gasteiger partial charge in [-0.1, -0.05) is 45.8 Å². The van der Waals surface area contributed by atoms with Crippen molar-refractivity contribution >= 4 is 21.8 Å². The Morgan fingerprint density at radius 3 is 2.69 bits per heavy atom. The highest BCUT2D eigenvalue weighted by atomic mass is 79.9. The molecule has 0 bridgehead atoms. The molecule has 1 aromatic carbocycles. The Bertz CT molecular complexity index is 363. The highest BCUT2D eigenvalue weighted by Gasteiger charge is 2.16. The summed E-state index contributed by atoms with van der Waals surface area (Å²) in [6, 6.07) is 8.27. The van der Waals surface area contributed by atoms with Gasteiger partial charge in [-0.05, 0) is 26.3 Å². The fourth-order valence-electron chi connectivity index (χ4n) is 1.63. The third kappa shape index (κ3) is 3.63. The van der Waals surface area contributed by atoms with Crippen LogP contribution in [0.25, 0.3) is 0 Å². The molecule has 88 valence electrons. The molecule has 0 saturated carbocycles. The zero-order valence-electron chi connectivity index (χ0n) is 10.0. The molecule has 1 unspecified atom stereocenters. The Kier molecular flexibility index (Phi) is 5.00. The van der Waals surface area contributed by atoms with E-state index in [0.717, 1.165) is 6.54 Å². The number of nitrogens with zero attached hydrogens (tertiary/aromatic N) is 1. The van der Waals surface area contributed by atoms with Crippen LogP contribution in [0.3, 0.4) is 0 Å². The van der Waals surface area contributed by atoms with Crippen molar-refractivity contribution < 1.29 is 4.79 Å². The van der Waals surface area contributed by atoms with E-state index >= 15 is 0 Å². The summed E-state index contributed by atoms with van der Waals surface area (Å²) >= 11 is 3.32. The molecule has 1 atom stereocenters. The van der Waals surface area contributed by atoms with E-state index in [1.54, 1.807) is 0 Å². The van der Waals surface area contributed by atoms with Crippen LogP contribution in [0.5, 0.6) is 0 Å². The van der Waals surface area contributed by atoms with Gasteiger partial charge >= 0.3 is 0 Å². The number of carbonyl (C=O) groups excluding carboxylic acids is 1. The molecule has 0 spiro atoms. The molecule has 0 aliphatic carbocycles. The number of hydrogen-bond donors (Lipinski definition) is 0. The van der Waals surface area contributed by atoms with Gasteiger partial charge in [-0.15, -0.1) is 0 Å². The maximum absolute atomic E-state index is 11.8. The highest BCUT2D eigenvalue weighted by molar-refractivity contribution is 9.10. The van der Waals surface area contributed by atoms with Crippen molar-refractivity contribution in [1.29, 1.82) is 0 Å². The third-order valence-electron chi connectivity index (χ3n) is 2.49. The van der Waals surface area contributed by atoms with E-state index in [-0.39, 0.29) is 10.7 Å². The van der Waals surface area contributed by atoms with Crippen molar-refractivity contribution in [3.05, 3.63) is 35.4 Å². The first kappa shape index (κ1) is 13.2. The van der Waals surface area contributed by atoms with Crippen LogP contribution in [0, 0.1) is 6.92 Å². The lowest BCUT2D eigenvalue weighted by Crippen LogP contribution is -2.34. The zero-order valence-corrected chi connectivity index (χ0v) is 11.6. The number of rotatable bonds is 4. The summed E-state index contributed by atoms with van der Waals surface area (Å²) in [6.07, 6.45) is 0. The Morgan fingerprint density at radius 1 is 1.50 bits per heavy atom. The standard InChI is InChI=1S/C13H18BrNO/c1-4-15(13(16)11(3)14)9-12-7-5-6-10(2)8-12/h5-8,11H,4,9H2,1-3H3. The van der Waals surface area contributed by atoms with Gasteiger partial charge in [0.05, 0.1) is 4.83 Å². The van der Waals surface area contributed by atoms with Crippen LogP contribution in [0.1, 0.15) is 25.0 Å². The maximum Gasteiger partial charge on any atom is 0.236 e. The summed E-state index contributed by atoms with van der Waals surface area (Å²) < 4.78 is 0. The van der Waals surface area contributed by atoms with Crippen molar-refractivity contribution in [2.24, 2.45) is 0 Å². The molecule has 1 amide bonds. The predicted octanol–water partition coefficient (Wildman–Crippen LogP) is 3.13. The molecule has 16 heavy (non-hydrogen) atoms. The number of benzene rings is 1. The molecule has 0 aliphatic heterocycles. The second-order valence-corrected chi connectivity index (χ2v) is 5.33. The van der Waals surface area contributed by atoms with Crippen LogP contribution in [-0.4, -0.2) is 22.2 Å². The van der Waals surface area contributed by atoms with Crippen molar-refractivity contribution in [3.63, 3.8) is 0 Å². The average molecular weight is 284 g/mol. The summed E-state index contributed by atoms with van der Waals surface area (Å²) in [6.45, 7) is 7.36. The van der Waals surface area contributed by atoms with Crippen molar-refractivity contribution in [3.8, 4) is 0 Å². The third-order valence-corrected chi connectivity index (χ3v) is 2.88. The second-order valence-electron chi connectivity index (χ2n) is 3.96. The Balaban J connectivity index is 2.74. The normalized spacial score (nSPS) is 12.2. The summed E-state index contributed by atoms with van der Waals surface area (Å²) in [4.78, 5) is 13.6. The first-order valence-electron chi connectivity index (χ1n) is 5.53. The van der Waals surface area contributed by atoms with Gasteiger partial charge in [0.1, 0.15) is 0 Å². The van der Waals surface area contributed by atoms with Crippen LogP contribution in [-0.2, 0) is 11.3 Å².